The van der Waals surface area contributed by atoms with Gasteiger partial charge in [-0.05, 0) is 35.1 Å². The van der Waals surface area contributed by atoms with Gasteiger partial charge in [-0.2, -0.15) is 0 Å². The highest BCUT2D eigenvalue weighted by atomic mass is 16.5. The molecule has 2 aliphatic heterocycles. The summed E-state index contributed by atoms with van der Waals surface area (Å²) >= 11 is 0. The summed E-state index contributed by atoms with van der Waals surface area (Å²) in [6.07, 6.45) is 0.697. The third-order valence-corrected chi connectivity index (χ3v) is 5.02. The van der Waals surface area contributed by atoms with Crippen molar-refractivity contribution < 1.29 is 19.4 Å². The van der Waals surface area contributed by atoms with E-state index in [1.165, 1.54) is 4.90 Å². The maximum absolute atomic E-state index is 13.2. The van der Waals surface area contributed by atoms with Crippen molar-refractivity contribution in [2.75, 3.05) is 13.2 Å². The van der Waals surface area contributed by atoms with Crippen LogP contribution in [0.5, 0.6) is 0 Å². The molecule has 2 heterocycles. The fourth-order valence-corrected chi connectivity index (χ4v) is 3.82. The molecule has 2 atom stereocenters. The summed E-state index contributed by atoms with van der Waals surface area (Å²) in [4.78, 5) is 26.6. The summed E-state index contributed by atoms with van der Waals surface area (Å²) in [5.41, 5.74) is 3.63. The molecular weight excluding hydrogens is 318 g/mol. The van der Waals surface area contributed by atoms with Crippen LogP contribution in [0.4, 0.5) is 0 Å². The molecule has 5 heteroatoms. The van der Waals surface area contributed by atoms with E-state index in [2.05, 4.69) is 0 Å². The van der Waals surface area contributed by atoms with Crippen LogP contribution in [0.3, 0.4) is 0 Å². The molecule has 2 unspecified atom stereocenters. The number of rotatable bonds is 2. The van der Waals surface area contributed by atoms with Crippen molar-refractivity contribution >= 4 is 11.9 Å². The predicted molar refractivity (Wildman–Crippen MR) is 91.1 cm³/mol. The Morgan fingerprint density at radius 1 is 0.960 bits per heavy atom. The molecule has 0 bridgehead atoms. The molecule has 0 radical (unpaired) electrons. The molecule has 1 amide bonds. The average Bonchev–Trinajstić information content (AvgIpc) is 2.66. The number of nitrogens with zero attached hydrogens (tertiary/aromatic N) is 1. The van der Waals surface area contributed by atoms with E-state index in [0.717, 1.165) is 23.1 Å². The van der Waals surface area contributed by atoms with E-state index in [0.29, 0.717) is 25.1 Å². The monoisotopic (exact) mass is 337 g/mol. The van der Waals surface area contributed by atoms with Crippen LogP contribution in [0.2, 0.25) is 0 Å². The number of amides is 1. The van der Waals surface area contributed by atoms with Gasteiger partial charge in [-0.1, -0.05) is 48.5 Å². The molecule has 0 fully saturated rings. The van der Waals surface area contributed by atoms with Crippen LogP contribution in [-0.4, -0.2) is 35.0 Å². The minimum absolute atomic E-state index is 0.269. The zero-order valence-electron chi connectivity index (χ0n) is 13.7. The maximum Gasteiger partial charge on any atom is 0.331 e. The highest BCUT2D eigenvalue weighted by Crippen LogP contribution is 2.35. The number of carbonyl (C=O) groups excluding carboxylic acids is 1. The molecule has 25 heavy (non-hydrogen) atoms. The van der Waals surface area contributed by atoms with Gasteiger partial charge in [0.15, 0.2) is 12.1 Å². The van der Waals surface area contributed by atoms with Gasteiger partial charge in [-0.25, -0.2) is 4.79 Å². The third kappa shape index (κ3) is 2.70. The van der Waals surface area contributed by atoms with E-state index < -0.39 is 18.1 Å². The molecule has 4 rings (SSSR count). The summed E-state index contributed by atoms with van der Waals surface area (Å²) in [6.45, 7) is 0.852. The van der Waals surface area contributed by atoms with Crippen LogP contribution in [0, 0.1) is 0 Å². The summed E-state index contributed by atoms with van der Waals surface area (Å²) in [7, 11) is 0. The van der Waals surface area contributed by atoms with Crippen molar-refractivity contribution in [2.24, 2.45) is 0 Å². The smallest absolute Gasteiger partial charge is 0.331 e. The predicted octanol–water partition coefficient (Wildman–Crippen LogP) is 2.51. The molecule has 2 aromatic carbocycles. The van der Waals surface area contributed by atoms with Gasteiger partial charge >= 0.3 is 5.97 Å². The molecule has 0 aliphatic carbocycles. The molecule has 0 saturated heterocycles. The first-order valence-electron chi connectivity index (χ1n) is 8.47. The van der Waals surface area contributed by atoms with Crippen molar-refractivity contribution in [2.45, 2.75) is 25.0 Å². The molecule has 1 N–H and O–H groups in total. The van der Waals surface area contributed by atoms with Crippen molar-refractivity contribution in [1.29, 1.82) is 0 Å². The number of hydrogen-bond acceptors (Lipinski definition) is 3. The normalized spacial score (nSPS) is 22.0. The van der Waals surface area contributed by atoms with Gasteiger partial charge in [0, 0.05) is 6.54 Å². The lowest BCUT2D eigenvalue weighted by atomic mass is 9.90. The number of carbonyl (C=O) groups is 2. The van der Waals surface area contributed by atoms with E-state index in [1.807, 2.05) is 42.5 Å². The lowest BCUT2D eigenvalue weighted by Crippen LogP contribution is -2.46. The van der Waals surface area contributed by atoms with Gasteiger partial charge in [0.25, 0.3) is 5.91 Å². The topological polar surface area (TPSA) is 66.8 Å². The molecule has 0 spiro atoms. The molecule has 0 saturated carbocycles. The van der Waals surface area contributed by atoms with E-state index >= 15 is 0 Å². The molecule has 5 nitrogen and oxygen atoms in total. The second-order valence-corrected chi connectivity index (χ2v) is 6.42. The summed E-state index contributed by atoms with van der Waals surface area (Å²) in [5.74, 6) is -1.28. The minimum Gasteiger partial charge on any atom is -0.479 e. The molecular formula is C20H19NO4. The first kappa shape index (κ1) is 15.8. The molecule has 0 aromatic heterocycles. The highest BCUT2D eigenvalue weighted by Gasteiger charge is 2.40. The van der Waals surface area contributed by atoms with E-state index in [-0.39, 0.29) is 5.91 Å². The van der Waals surface area contributed by atoms with Crippen LogP contribution >= 0.6 is 0 Å². The van der Waals surface area contributed by atoms with Gasteiger partial charge < -0.3 is 14.7 Å². The lowest BCUT2D eigenvalue weighted by molar-refractivity contribution is -0.158. The molecule has 128 valence electrons. The highest BCUT2D eigenvalue weighted by molar-refractivity contribution is 5.89. The quantitative estimate of drug-likeness (QED) is 0.914. The number of carboxylic acids is 1. The van der Waals surface area contributed by atoms with Crippen LogP contribution in [0.1, 0.15) is 34.4 Å². The van der Waals surface area contributed by atoms with Gasteiger partial charge in [0.1, 0.15) is 0 Å². The zero-order valence-corrected chi connectivity index (χ0v) is 13.7. The largest absolute Gasteiger partial charge is 0.479 e. The number of carboxylic acid groups (broad SMARTS) is 1. The fourth-order valence-electron chi connectivity index (χ4n) is 3.82. The molecule has 2 aromatic rings. The first-order valence-corrected chi connectivity index (χ1v) is 8.47. The van der Waals surface area contributed by atoms with E-state index in [4.69, 9.17) is 4.74 Å². The van der Waals surface area contributed by atoms with E-state index in [9.17, 15) is 14.7 Å². The van der Waals surface area contributed by atoms with Crippen molar-refractivity contribution in [3.05, 3.63) is 70.8 Å². The van der Waals surface area contributed by atoms with E-state index in [1.54, 1.807) is 6.07 Å². The van der Waals surface area contributed by atoms with Crippen molar-refractivity contribution in [3.8, 4) is 0 Å². The van der Waals surface area contributed by atoms with Gasteiger partial charge in [-0.3, -0.25) is 4.79 Å². The molecule has 2 aliphatic rings. The average molecular weight is 337 g/mol. The van der Waals surface area contributed by atoms with Crippen molar-refractivity contribution in [1.82, 2.24) is 4.90 Å². The maximum atomic E-state index is 13.2. The van der Waals surface area contributed by atoms with Crippen LogP contribution in [-0.2, 0) is 27.2 Å². The van der Waals surface area contributed by atoms with Gasteiger partial charge in [0.2, 0.25) is 0 Å². The van der Waals surface area contributed by atoms with Crippen molar-refractivity contribution in [3.63, 3.8) is 0 Å². The standard InChI is InChI=1S/C20H19NO4/c22-19(18-16-8-4-2-6-14(16)10-12-25-18)21-11-9-13-5-1-3-7-15(13)17(21)20(23)24/h1-8,17-18H,9-12H2,(H,23,24). The number of fused-ring (bicyclic) bond motifs is 2. The second-order valence-electron chi connectivity index (χ2n) is 6.42. The fraction of sp³-hybridized carbons (Fsp3) is 0.300. The Bertz CT molecular complexity index is 832. The zero-order chi connectivity index (χ0) is 17.4. The number of hydrogen-bond donors (Lipinski definition) is 1. The Hall–Kier alpha value is -2.66. The SMILES string of the molecule is O=C(O)C1c2ccccc2CCN1C(=O)C1OCCc2ccccc21. The Morgan fingerprint density at radius 2 is 1.60 bits per heavy atom. The first-order chi connectivity index (χ1) is 12.2. The van der Waals surface area contributed by atoms with Gasteiger partial charge in [-0.15, -0.1) is 0 Å². The summed E-state index contributed by atoms with van der Waals surface area (Å²) < 4.78 is 5.75. The Morgan fingerprint density at radius 3 is 2.32 bits per heavy atom. The summed E-state index contributed by atoms with van der Waals surface area (Å²) in [6, 6.07) is 14.2. The Labute approximate surface area is 145 Å². The number of benzene rings is 2. The number of aliphatic carboxylic acids is 1. The summed E-state index contributed by atoms with van der Waals surface area (Å²) in [5, 5.41) is 9.76. The van der Waals surface area contributed by atoms with Gasteiger partial charge in [0.05, 0.1) is 6.61 Å². The second kappa shape index (κ2) is 6.33. The van der Waals surface area contributed by atoms with Crippen LogP contribution in [0.25, 0.3) is 0 Å². The van der Waals surface area contributed by atoms with Crippen LogP contribution < -0.4 is 0 Å². The third-order valence-electron chi connectivity index (χ3n) is 5.02. The Balaban J connectivity index is 1.70. The number of ether oxygens (including phenoxy) is 1. The Kier molecular flexibility index (Phi) is 4.01. The lowest BCUT2D eigenvalue weighted by Gasteiger charge is -2.38. The minimum atomic E-state index is -1.01. The van der Waals surface area contributed by atoms with Crippen LogP contribution in [0.15, 0.2) is 48.5 Å².